The zero-order valence-corrected chi connectivity index (χ0v) is 17.2. The van der Waals surface area contributed by atoms with E-state index in [9.17, 15) is 9.90 Å². The second-order valence-corrected chi connectivity index (χ2v) is 8.77. The zero-order chi connectivity index (χ0) is 19.0. The van der Waals surface area contributed by atoms with Crippen molar-refractivity contribution in [2.24, 2.45) is 0 Å². The molecule has 1 N–H and O–H groups in total. The van der Waals surface area contributed by atoms with Crippen molar-refractivity contribution >= 4 is 62.4 Å². The number of thiocarbonyl (C=S) groups is 1. The van der Waals surface area contributed by atoms with Crippen molar-refractivity contribution in [2.75, 3.05) is 24.6 Å². The molecular weight excluding hydrogens is 396 g/mol. The number of thioether (sulfide) groups is 2. The molecule has 2 aromatic rings. The molecule has 138 valence electrons. The van der Waals surface area contributed by atoms with Crippen LogP contribution in [0.2, 0.25) is 0 Å². The normalized spacial score (nSPS) is 19.8. The van der Waals surface area contributed by atoms with Gasteiger partial charge in [-0.05, 0) is 35.9 Å². The van der Waals surface area contributed by atoms with Crippen LogP contribution in [0.4, 0.5) is 5.69 Å². The third kappa shape index (κ3) is 3.29. The highest BCUT2D eigenvalue weighted by molar-refractivity contribution is 8.26. The molecule has 4 rings (SSSR count). The molecule has 0 atom stereocenters. The van der Waals surface area contributed by atoms with Gasteiger partial charge in [0.2, 0.25) is 0 Å². The summed E-state index contributed by atoms with van der Waals surface area (Å²) < 4.78 is 0.604. The van der Waals surface area contributed by atoms with Gasteiger partial charge in [-0.1, -0.05) is 66.1 Å². The molecule has 0 spiro atoms. The first-order chi connectivity index (χ1) is 13.1. The van der Waals surface area contributed by atoms with Crippen LogP contribution in [0.3, 0.4) is 0 Å². The van der Waals surface area contributed by atoms with Gasteiger partial charge in [-0.2, -0.15) is 0 Å². The molecule has 1 fully saturated rings. The number of aliphatic hydroxyl groups is 1. The van der Waals surface area contributed by atoms with Crippen molar-refractivity contribution in [2.45, 2.75) is 11.8 Å². The summed E-state index contributed by atoms with van der Waals surface area (Å²) in [6, 6.07) is 12.5. The monoisotopic (exact) mass is 414 g/mol. The molecule has 2 aromatic carbocycles. The van der Waals surface area contributed by atoms with Gasteiger partial charge in [0.15, 0.2) is 0 Å². The number of allylic oxidation sites excluding steroid dienone is 2. The molecule has 1 saturated heterocycles. The van der Waals surface area contributed by atoms with E-state index in [1.54, 1.807) is 16.7 Å². The van der Waals surface area contributed by atoms with Gasteiger partial charge in [-0.3, -0.25) is 9.69 Å². The number of benzene rings is 2. The predicted octanol–water partition coefficient (Wildman–Crippen LogP) is 4.35. The van der Waals surface area contributed by atoms with Crippen molar-refractivity contribution in [3.63, 3.8) is 0 Å². The summed E-state index contributed by atoms with van der Waals surface area (Å²) >= 11 is 8.28. The topological polar surface area (TPSA) is 43.8 Å². The lowest BCUT2D eigenvalue weighted by molar-refractivity contribution is -0.122. The highest BCUT2D eigenvalue weighted by Gasteiger charge is 2.31. The Morgan fingerprint density at radius 1 is 1.11 bits per heavy atom. The van der Waals surface area contributed by atoms with E-state index >= 15 is 0 Å². The van der Waals surface area contributed by atoms with E-state index in [1.165, 1.54) is 27.4 Å². The standard InChI is InChI=1S/C20H18N2O2S3/c1-2-21-19(24)16(26-20(21)25)9-10-17-22(11-12-23)15-8-7-13-5-3-4-6-14(13)18(15)27-17/h3-10,23H,2,11-12H2,1H3/b16-9+,17-10-. The number of aliphatic hydroxyl groups excluding tert-OH is 1. The summed E-state index contributed by atoms with van der Waals surface area (Å²) in [6.45, 7) is 3.07. The summed E-state index contributed by atoms with van der Waals surface area (Å²) in [4.78, 5) is 17.9. The van der Waals surface area contributed by atoms with Crippen molar-refractivity contribution < 1.29 is 9.90 Å². The van der Waals surface area contributed by atoms with Gasteiger partial charge in [0.25, 0.3) is 5.91 Å². The van der Waals surface area contributed by atoms with Gasteiger partial charge in [0.05, 0.1) is 22.2 Å². The summed E-state index contributed by atoms with van der Waals surface area (Å²) in [5.41, 5.74) is 1.09. The molecule has 0 bridgehead atoms. The Labute approximate surface area is 171 Å². The maximum Gasteiger partial charge on any atom is 0.266 e. The van der Waals surface area contributed by atoms with E-state index in [2.05, 4.69) is 29.2 Å². The van der Waals surface area contributed by atoms with Gasteiger partial charge >= 0.3 is 0 Å². The summed E-state index contributed by atoms with van der Waals surface area (Å²) in [6.07, 6.45) is 3.80. The molecule has 0 unspecified atom stereocenters. The van der Waals surface area contributed by atoms with Crippen LogP contribution in [0.1, 0.15) is 6.92 Å². The second-order valence-electron chi connectivity index (χ2n) is 6.07. The molecular formula is C20H18N2O2S3. The largest absolute Gasteiger partial charge is 0.395 e. The first-order valence-corrected chi connectivity index (χ1v) is 10.7. The molecule has 0 aromatic heterocycles. The Balaban J connectivity index is 1.72. The smallest absolute Gasteiger partial charge is 0.266 e. The lowest BCUT2D eigenvalue weighted by atomic mass is 10.1. The minimum Gasteiger partial charge on any atom is -0.395 e. The molecule has 27 heavy (non-hydrogen) atoms. The number of amides is 1. The number of fused-ring (bicyclic) bond motifs is 3. The molecule has 0 radical (unpaired) electrons. The predicted molar refractivity (Wildman–Crippen MR) is 118 cm³/mol. The minimum absolute atomic E-state index is 0.0379. The first-order valence-electron chi connectivity index (χ1n) is 8.67. The highest BCUT2D eigenvalue weighted by atomic mass is 32.2. The highest BCUT2D eigenvalue weighted by Crippen LogP contribution is 2.49. The number of likely N-dealkylation sites (N-methyl/N-ethyl adjacent to an activating group) is 1. The number of carbonyl (C=O) groups excluding carboxylic acids is 1. The van der Waals surface area contributed by atoms with Gasteiger partial charge in [0, 0.05) is 18.0 Å². The van der Waals surface area contributed by atoms with E-state index in [0.717, 1.165) is 10.7 Å². The van der Waals surface area contributed by atoms with Crippen LogP contribution in [0.25, 0.3) is 10.8 Å². The Morgan fingerprint density at radius 3 is 2.67 bits per heavy atom. The SMILES string of the molecule is CCN1C(=O)/C(=C\C=C2/Sc3c(ccc4ccccc34)N2CCO)SC1=S. The molecule has 2 aliphatic heterocycles. The molecule has 7 heteroatoms. The zero-order valence-electron chi connectivity index (χ0n) is 14.7. The van der Waals surface area contributed by atoms with Crippen LogP contribution >= 0.6 is 35.7 Å². The summed E-state index contributed by atoms with van der Waals surface area (Å²) in [5, 5.41) is 12.9. The number of carbonyl (C=O) groups is 1. The van der Waals surface area contributed by atoms with Gasteiger partial charge in [0.1, 0.15) is 4.32 Å². The summed E-state index contributed by atoms with van der Waals surface area (Å²) in [7, 11) is 0. The molecule has 1 amide bonds. The average molecular weight is 415 g/mol. The van der Waals surface area contributed by atoms with Crippen LogP contribution in [0.15, 0.2) is 63.4 Å². The fourth-order valence-corrected chi connectivity index (χ4v) is 5.77. The van der Waals surface area contributed by atoms with Crippen LogP contribution in [0, 0.1) is 0 Å². The second kappa shape index (κ2) is 7.67. The van der Waals surface area contributed by atoms with Crippen LogP contribution in [0.5, 0.6) is 0 Å². The molecule has 4 nitrogen and oxygen atoms in total. The fourth-order valence-electron chi connectivity index (χ4n) is 3.22. The molecule has 2 heterocycles. The van der Waals surface area contributed by atoms with E-state index in [0.29, 0.717) is 22.3 Å². The summed E-state index contributed by atoms with van der Waals surface area (Å²) in [5.74, 6) is -0.0379. The number of hydrogen-bond acceptors (Lipinski definition) is 6. The number of hydrogen-bond donors (Lipinski definition) is 1. The molecule has 2 aliphatic rings. The Hall–Kier alpha value is -1.80. The maximum absolute atomic E-state index is 12.4. The quantitative estimate of drug-likeness (QED) is 0.593. The lowest BCUT2D eigenvalue weighted by Crippen LogP contribution is -2.27. The van der Waals surface area contributed by atoms with E-state index in [1.807, 2.05) is 31.2 Å². The van der Waals surface area contributed by atoms with Gasteiger partial charge in [-0.25, -0.2) is 0 Å². The number of nitrogens with zero attached hydrogens (tertiary/aromatic N) is 2. The Morgan fingerprint density at radius 2 is 1.93 bits per heavy atom. The van der Waals surface area contributed by atoms with Crippen molar-refractivity contribution in [3.8, 4) is 0 Å². The van der Waals surface area contributed by atoms with Crippen molar-refractivity contribution in [3.05, 3.63) is 58.5 Å². The van der Waals surface area contributed by atoms with E-state index in [-0.39, 0.29) is 12.5 Å². The van der Waals surface area contributed by atoms with E-state index < -0.39 is 0 Å². The average Bonchev–Trinajstić information content (AvgIpc) is 3.17. The van der Waals surface area contributed by atoms with Gasteiger partial charge < -0.3 is 10.0 Å². The lowest BCUT2D eigenvalue weighted by Gasteiger charge is -2.19. The minimum atomic E-state index is -0.0379. The molecule has 0 saturated carbocycles. The van der Waals surface area contributed by atoms with Crippen LogP contribution < -0.4 is 4.90 Å². The number of β-amino-alcohol motifs (C(OH)–C–C–N with tert-alkyl or cyclic N) is 1. The number of anilines is 1. The third-order valence-electron chi connectivity index (χ3n) is 4.51. The fraction of sp³-hybridized carbons (Fsp3) is 0.200. The van der Waals surface area contributed by atoms with Crippen molar-refractivity contribution in [1.82, 2.24) is 4.90 Å². The third-order valence-corrected chi connectivity index (χ3v) is 7.11. The van der Waals surface area contributed by atoms with Crippen molar-refractivity contribution in [1.29, 1.82) is 0 Å². The van der Waals surface area contributed by atoms with E-state index in [4.69, 9.17) is 12.2 Å². The van der Waals surface area contributed by atoms with Crippen LogP contribution in [-0.4, -0.2) is 39.9 Å². The van der Waals surface area contributed by atoms with Gasteiger partial charge in [-0.15, -0.1) is 0 Å². The Kier molecular flexibility index (Phi) is 5.27. The molecule has 0 aliphatic carbocycles. The Bertz CT molecular complexity index is 1000. The maximum atomic E-state index is 12.4. The van der Waals surface area contributed by atoms with Crippen LogP contribution in [-0.2, 0) is 4.79 Å². The first kappa shape index (κ1) is 18.6. The number of rotatable bonds is 4.